The number of nitrogens with zero attached hydrogens (tertiary/aromatic N) is 1. The summed E-state index contributed by atoms with van der Waals surface area (Å²) in [6.07, 6.45) is 4.08. The van der Waals surface area contributed by atoms with Crippen LogP contribution in [0.15, 0.2) is 24.3 Å². The second-order valence-electron chi connectivity index (χ2n) is 6.73. The zero-order valence-electron chi connectivity index (χ0n) is 13.5. The van der Waals surface area contributed by atoms with Gasteiger partial charge >= 0.3 is 5.97 Å². The zero-order chi connectivity index (χ0) is 16.5. The van der Waals surface area contributed by atoms with Gasteiger partial charge in [-0.25, -0.2) is 13.2 Å². The number of anilines is 1. The lowest BCUT2D eigenvalue weighted by molar-refractivity contribution is -0.00608. The molecule has 6 heteroatoms. The lowest BCUT2D eigenvalue weighted by Crippen LogP contribution is -2.40. The number of hydrogen-bond donors (Lipinski definition) is 0. The molecule has 5 nitrogen and oxygen atoms in total. The summed E-state index contributed by atoms with van der Waals surface area (Å²) in [6, 6.07) is 7.26. The fraction of sp³-hybridized carbons (Fsp3) is 0.588. The molecule has 126 valence electrons. The third-order valence-corrected chi connectivity index (χ3v) is 6.42. The molecule has 1 saturated carbocycles. The van der Waals surface area contributed by atoms with Crippen LogP contribution in [-0.2, 0) is 14.6 Å². The summed E-state index contributed by atoms with van der Waals surface area (Å²) in [5.41, 5.74) is 1.17. The van der Waals surface area contributed by atoms with Crippen molar-refractivity contribution in [3.8, 4) is 0 Å². The van der Waals surface area contributed by atoms with Gasteiger partial charge in [-0.15, -0.1) is 0 Å². The number of carbonyl (C=O) groups is 1. The first-order valence-electron chi connectivity index (χ1n) is 8.16. The van der Waals surface area contributed by atoms with Crippen molar-refractivity contribution >= 4 is 21.5 Å². The monoisotopic (exact) mass is 337 g/mol. The van der Waals surface area contributed by atoms with E-state index in [1.165, 1.54) is 0 Å². The van der Waals surface area contributed by atoms with E-state index in [-0.39, 0.29) is 23.1 Å². The second-order valence-corrected chi connectivity index (χ2v) is 9.04. The number of hydrogen-bond acceptors (Lipinski definition) is 5. The van der Waals surface area contributed by atoms with E-state index in [1.807, 2.05) is 24.0 Å². The predicted molar refractivity (Wildman–Crippen MR) is 89.6 cm³/mol. The Kier molecular flexibility index (Phi) is 4.36. The normalized spacial score (nSPS) is 22.7. The largest absolute Gasteiger partial charge is 0.456 e. The van der Waals surface area contributed by atoms with E-state index in [0.29, 0.717) is 18.7 Å². The highest BCUT2D eigenvalue weighted by atomic mass is 32.2. The molecule has 0 spiro atoms. The van der Waals surface area contributed by atoms with Crippen LogP contribution in [0, 0.1) is 0 Å². The summed E-state index contributed by atoms with van der Waals surface area (Å²) in [6.45, 7) is 3.01. The summed E-state index contributed by atoms with van der Waals surface area (Å²) < 4.78 is 28.6. The van der Waals surface area contributed by atoms with Gasteiger partial charge in [0.1, 0.15) is 5.60 Å². The molecule has 1 heterocycles. The molecule has 1 aromatic carbocycles. The number of carbonyl (C=O) groups excluding carboxylic acids is 1. The Morgan fingerprint density at radius 3 is 2.22 bits per heavy atom. The van der Waals surface area contributed by atoms with Crippen molar-refractivity contribution < 1.29 is 17.9 Å². The van der Waals surface area contributed by atoms with Crippen LogP contribution >= 0.6 is 0 Å². The molecule has 2 fully saturated rings. The van der Waals surface area contributed by atoms with E-state index in [9.17, 15) is 13.2 Å². The van der Waals surface area contributed by atoms with Gasteiger partial charge in [-0.1, -0.05) is 0 Å². The Morgan fingerprint density at radius 2 is 1.65 bits per heavy atom. The molecule has 0 aromatic heterocycles. The van der Waals surface area contributed by atoms with Crippen LogP contribution in [0.25, 0.3) is 0 Å². The van der Waals surface area contributed by atoms with Gasteiger partial charge in [-0.3, -0.25) is 0 Å². The van der Waals surface area contributed by atoms with Crippen LogP contribution in [0.4, 0.5) is 5.69 Å². The molecule has 1 saturated heterocycles. The van der Waals surface area contributed by atoms with Crippen LogP contribution in [0.3, 0.4) is 0 Å². The summed E-state index contributed by atoms with van der Waals surface area (Å²) in [7, 11) is -2.88. The van der Waals surface area contributed by atoms with E-state index in [4.69, 9.17) is 4.74 Å². The Labute approximate surface area is 137 Å². The van der Waals surface area contributed by atoms with Gasteiger partial charge in [0, 0.05) is 18.8 Å². The van der Waals surface area contributed by atoms with E-state index in [2.05, 4.69) is 0 Å². The molecule has 0 atom stereocenters. The van der Waals surface area contributed by atoms with Gasteiger partial charge in [0.05, 0.1) is 17.1 Å². The number of sulfone groups is 1. The third kappa shape index (κ3) is 3.86. The lowest BCUT2D eigenvalue weighted by Gasteiger charge is -2.29. The molecule has 1 aromatic rings. The minimum absolute atomic E-state index is 0.190. The van der Waals surface area contributed by atoms with E-state index >= 15 is 0 Å². The molecule has 0 bridgehead atoms. The zero-order valence-corrected chi connectivity index (χ0v) is 14.3. The number of rotatable bonds is 3. The first-order chi connectivity index (χ1) is 10.9. The van der Waals surface area contributed by atoms with Gasteiger partial charge < -0.3 is 9.64 Å². The molecule has 1 aliphatic carbocycles. The van der Waals surface area contributed by atoms with Crippen LogP contribution in [0.5, 0.6) is 0 Å². The Balaban J connectivity index is 1.64. The third-order valence-electron chi connectivity index (χ3n) is 4.81. The molecule has 2 aliphatic rings. The quantitative estimate of drug-likeness (QED) is 0.793. The SMILES string of the molecule is CC1(OC(=O)c2ccc(N3CCS(=O)(=O)CC3)cc2)CCCC1. The molecule has 3 rings (SSSR count). The Hall–Kier alpha value is -1.56. The van der Waals surface area contributed by atoms with Gasteiger partial charge in [-0.2, -0.15) is 0 Å². The lowest BCUT2D eigenvalue weighted by atomic mass is 10.1. The highest BCUT2D eigenvalue weighted by Gasteiger charge is 2.32. The molecular formula is C17H23NO4S. The fourth-order valence-corrected chi connectivity index (χ4v) is 4.49. The molecule has 0 amide bonds. The predicted octanol–water partition coefficient (Wildman–Crippen LogP) is 2.41. The van der Waals surface area contributed by atoms with Crippen molar-refractivity contribution in [2.24, 2.45) is 0 Å². The van der Waals surface area contributed by atoms with Crippen molar-refractivity contribution in [2.75, 3.05) is 29.5 Å². The van der Waals surface area contributed by atoms with Crippen LogP contribution < -0.4 is 4.90 Å². The highest BCUT2D eigenvalue weighted by Crippen LogP contribution is 2.33. The van der Waals surface area contributed by atoms with Crippen LogP contribution in [0.2, 0.25) is 0 Å². The number of benzene rings is 1. The van der Waals surface area contributed by atoms with Gasteiger partial charge in [0.15, 0.2) is 9.84 Å². The molecule has 0 unspecified atom stereocenters. The standard InChI is InChI=1S/C17H23NO4S/c1-17(8-2-3-9-17)22-16(19)14-4-6-15(7-5-14)18-10-12-23(20,21)13-11-18/h4-7H,2-3,8-13H2,1H3. The van der Waals surface area contributed by atoms with Crippen molar-refractivity contribution in [3.63, 3.8) is 0 Å². The van der Waals surface area contributed by atoms with Crippen molar-refractivity contribution in [3.05, 3.63) is 29.8 Å². The second kappa shape index (κ2) is 6.15. The average molecular weight is 337 g/mol. The molecule has 0 N–H and O–H groups in total. The summed E-state index contributed by atoms with van der Waals surface area (Å²) >= 11 is 0. The van der Waals surface area contributed by atoms with Gasteiger partial charge in [0.2, 0.25) is 0 Å². The van der Waals surface area contributed by atoms with E-state index in [0.717, 1.165) is 31.4 Å². The molecule has 0 radical (unpaired) electrons. The van der Waals surface area contributed by atoms with Crippen molar-refractivity contribution in [1.82, 2.24) is 0 Å². The maximum absolute atomic E-state index is 12.3. The summed E-state index contributed by atoms with van der Waals surface area (Å²) in [5, 5.41) is 0. The van der Waals surface area contributed by atoms with E-state index in [1.54, 1.807) is 12.1 Å². The van der Waals surface area contributed by atoms with Gasteiger partial charge in [0.25, 0.3) is 0 Å². The summed E-state index contributed by atoms with van der Waals surface area (Å²) in [5.74, 6) is 0.103. The maximum atomic E-state index is 12.3. The fourth-order valence-electron chi connectivity index (χ4n) is 3.29. The molecule has 1 aliphatic heterocycles. The molecular weight excluding hydrogens is 314 g/mol. The van der Waals surface area contributed by atoms with E-state index < -0.39 is 9.84 Å². The maximum Gasteiger partial charge on any atom is 0.338 e. The topological polar surface area (TPSA) is 63.7 Å². The first-order valence-corrected chi connectivity index (χ1v) is 9.98. The minimum atomic E-state index is -2.88. The highest BCUT2D eigenvalue weighted by molar-refractivity contribution is 7.91. The Morgan fingerprint density at radius 1 is 1.09 bits per heavy atom. The van der Waals surface area contributed by atoms with Crippen LogP contribution in [-0.4, -0.2) is 44.6 Å². The molecule has 23 heavy (non-hydrogen) atoms. The van der Waals surface area contributed by atoms with Gasteiger partial charge in [-0.05, 0) is 56.9 Å². The smallest absolute Gasteiger partial charge is 0.338 e. The van der Waals surface area contributed by atoms with Crippen molar-refractivity contribution in [1.29, 1.82) is 0 Å². The number of ether oxygens (including phenoxy) is 1. The minimum Gasteiger partial charge on any atom is -0.456 e. The Bertz CT molecular complexity index is 661. The van der Waals surface area contributed by atoms with Crippen LogP contribution in [0.1, 0.15) is 43.0 Å². The van der Waals surface area contributed by atoms with Crippen molar-refractivity contribution in [2.45, 2.75) is 38.2 Å². The number of esters is 1. The summed E-state index contributed by atoms with van der Waals surface area (Å²) in [4.78, 5) is 14.3. The first kappa shape index (κ1) is 16.3. The average Bonchev–Trinajstić information content (AvgIpc) is 2.94.